The molecule has 2 aromatic rings. The van der Waals surface area contributed by atoms with Gasteiger partial charge in [-0.25, -0.2) is 17.2 Å². The Morgan fingerprint density at radius 2 is 1.59 bits per heavy atom. The van der Waals surface area contributed by atoms with E-state index in [4.69, 9.17) is 0 Å². The lowest BCUT2D eigenvalue weighted by Gasteiger charge is -2.32. The molecule has 0 aromatic heterocycles. The lowest BCUT2D eigenvalue weighted by atomic mass is 10.1. The fourth-order valence-electron chi connectivity index (χ4n) is 3.02. The third kappa shape index (κ3) is 6.74. The molecule has 0 aliphatic carbocycles. The Balaban J connectivity index is 2.39. The highest BCUT2D eigenvalue weighted by molar-refractivity contribution is 7.92. The summed E-state index contributed by atoms with van der Waals surface area (Å²) in [5.41, 5.74) is 0.269. The second-order valence-corrected chi connectivity index (χ2v) is 9.62. The number of benzene rings is 2. The van der Waals surface area contributed by atoms with Crippen LogP contribution in [-0.4, -0.2) is 50.0 Å². The number of rotatable bonds is 9. The molecule has 32 heavy (non-hydrogen) atoms. The molecule has 0 fully saturated rings. The zero-order chi connectivity index (χ0) is 24.1. The van der Waals surface area contributed by atoms with Crippen LogP contribution < -0.4 is 9.62 Å². The highest BCUT2D eigenvalue weighted by atomic mass is 32.2. The molecule has 1 N–H and O–H groups in total. The van der Waals surface area contributed by atoms with Crippen molar-refractivity contribution < 1.29 is 26.8 Å². The first kappa shape index (κ1) is 25.3. The minimum Gasteiger partial charge on any atom is -0.352 e. The predicted molar refractivity (Wildman–Crippen MR) is 118 cm³/mol. The number of hydrogen-bond acceptors (Lipinski definition) is 4. The number of amides is 2. The molecule has 0 aliphatic heterocycles. The van der Waals surface area contributed by atoms with Crippen molar-refractivity contribution >= 4 is 27.5 Å². The van der Waals surface area contributed by atoms with Gasteiger partial charge in [0, 0.05) is 12.6 Å². The summed E-state index contributed by atoms with van der Waals surface area (Å²) in [5, 5.41) is 2.71. The van der Waals surface area contributed by atoms with E-state index in [1.54, 1.807) is 13.8 Å². The lowest BCUT2D eigenvalue weighted by Crippen LogP contribution is -2.52. The fourth-order valence-corrected chi connectivity index (χ4v) is 3.87. The fraction of sp³-hybridized carbons (Fsp3) is 0.364. The van der Waals surface area contributed by atoms with Gasteiger partial charge in [0.2, 0.25) is 21.8 Å². The van der Waals surface area contributed by atoms with Crippen LogP contribution in [0.2, 0.25) is 0 Å². The molecule has 2 aromatic carbocycles. The van der Waals surface area contributed by atoms with Gasteiger partial charge in [-0.1, -0.05) is 24.3 Å². The Hall–Kier alpha value is -3.01. The zero-order valence-corrected chi connectivity index (χ0v) is 19.2. The number of halogens is 2. The van der Waals surface area contributed by atoms with Crippen molar-refractivity contribution in [1.29, 1.82) is 0 Å². The lowest BCUT2D eigenvalue weighted by molar-refractivity contribution is -0.139. The molecule has 0 saturated carbocycles. The molecule has 0 spiro atoms. The summed E-state index contributed by atoms with van der Waals surface area (Å²) >= 11 is 0. The molecule has 10 heteroatoms. The minimum atomic E-state index is -4.02. The van der Waals surface area contributed by atoms with E-state index in [0.29, 0.717) is 9.87 Å². The van der Waals surface area contributed by atoms with Gasteiger partial charge in [-0.05, 0) is 50.6 Å². The Kier molecular flexibility index (Phi) is 8.31. The zero-order valence-electron chi connectivity index (χ0n) is 18.4. The van der Waals surface area contributed by atoms with Crippen molar-refractivity contribution in [1.82, 2.24) is 10.2 Å². The van der Waals surface area contributed by atoms with Gasteiger partial charge in [0.1, 0.15) is 24.2 Å². The quantitative estimate of drug-likeness (QED) is 0.614. The summed E-state index contributed by atoms with van der Waals surface area (Å²) < 4.78 is 53.0. The van der Waals surface area contributed by atoms with E-state index >= 15 is 0 Å². The third-order valence-corrected chi connectivity index (χ3v) is 5.79. The van der Waals surface area contributed by atoms with Gasteiger partial charge in [0.05, 0.1) is 11.9 Å². The monoisotopic (exact) mass is 467 g/mol. The van der Waals surface area contributed by atoms with Gasteiger partial charge in [-0.2, -0.15) is 0 Å². The van der Waals surface area contributed by atoms with E-state index in [0.717, 1.165) is 12.3 Å². The van der Waals surface area contributed by atoms with Crippen LogP contribution in [0.5, 0.6) is 0 Å². The molecule has 2 rings (SSSR count). The molecule has 0 heterocycles. The first-order chi connectivity index (χ1) is 14.9. The predicted octanol–water partition coefficient (Wildman–Crippen LogP) is 2.67. The highest BCUT2D eigenvalue weighted by Gasteiger charge is 2.31. The largest absolute Gasteiger partial charge is 0.352 e. The number of nitrogens with one attached hydrogen (secondary N) is 1. The normalized spacial score (nSPS) is 12.3. The van der Waals surface area contributed by atoms with Crippen molar-refractivity contribution in [2.45, 2.75) is 39.4 Å². The molecule has 0 saturated heterocycles. The Morgan fingerprint density at radius 1 is 1.00 bits per heavy atom. The summed E-state index contributed by atoms with van der Waals surface area (Å²) in [6.45, 7) is 4.26. The number of para-hydroxylation sites is 1. The molecule has 1 unspecified atom stereocenters. The molecule has 1 atom stereocenters. The molecule has 0 bridgehead atoms. The molecule has 0 radical (unpaired) electrons. The summed E-state index contributed by atoms with van der Waals surface area (Å²) in [5.74, 6) is -2.41. The van der Waals surface area contributed by atoms with E-state index in [2.05, 4.69) is 5.32 Å². The number of hydrogen-bond donors (Lipinski definition) is 1. The Bertz CT molecular complexity index is 1060. The molecule has 174 valence electrons. The van der Waals surface area contributed by atoms with Crippen molar-refractivity contribution in [3.63, 3.8) is 0 Å². The van der Waals surface area contributed by atoms with E-state index in [1.165, 1.54) is 54.3 Å². The van der Waals surface area contributed by atoms with Crippen LogP contribution in [0.4, 0.5) is 14.5 Å². The van der Waals surface area contributed by atoms with E-state index < -0.39 is 46.1 Å². The average Bonchev–Trinajstić information content (AvgIpc) is 2.70. The maximum Gasteiger partial charge on any atom is 0.244 e. The standard InChI is InChI=1S/C22H27F2N3O4S/c1-15(2)25-22(29)16(3)26(13-17-9-11-18(23)12-10-17)21(28)14-27(32(4,30)31)20-8-6-5-7-19(20)24/h5-12,15-16H,13-14H2,1-4H3,(H,25,29). The van der Waals surface area contributed by atoms with Gasteiger partial charge in [0.25, 0.3) is 0 Å². The molecule has 2 amide bonds. The van der Waals surface area contributed by atoms with Crippen LogP contribution in [0.25, 0.3) is 0 Å². The van der Waals surface area contributed by atoms with Gasteiger partial charge in [-0.3, -0.25) is 13.9 Å². The van der Waals surface area contributed by atoms with Gasteiger partial charge in [0.15, 0.2) is 0 Å². The molecule has 7 nitrogen and oxygen atoms in total. The van der Waals surface area contributed by atoms with Crippen LogP contribution in [-0.2, 0) is 26.2 Å². The smallest absolute Gasteiger partial charge is 0.244 e. The van der Waals surface area contributed by atoms with Crippen molar-refractivity contribution in [2.24, 2.45) is 0 Å². The summed E-state index contributed by atoms with van der Waals surface area (Å²) in [4.78, 5) is 27.0. The number of nitrogens with zero attached hydrogens (tertiary/aromatic N) is 2. The topological polar surface area (TPSA) is 86.8 Å². The van der Waals surface area contributed by atoms with Crippen molar-refractivity contribution in [3.05, 3.63) is 65.7 Å². The Labute approximate surface area is 187 Å². The van der Waals surface area contributed by atoms with Crippen molar-refractivity contribution in [2.75, 3.05) is 17.1 Å². The molecule has 0 aliphatic rings. The van der Waals surface area contributed by atoms with Gasteiger partial charge < -0.3 is 10.2 Å². The SMILES string of the molecule is CC(C)NC(=O)C(C)N(Cc1ccc(F)cc1)C(=O)CN(c1ccccc1F)S(C)(=O)=O. The second-order valence-electron chi connectivity index (χ2n) is 7.71. The first-order valence-electron chi connectivity index (χ1n) is 9.96. The maximum atomic E-state index is 14.3. The maximum absolute atomic E-state index is 14.3. The van der Waals surface area contributed by atoms with E-state index in [1.807, 2.05) is 0 Å². The van der Waals surface area contributed by atoms with Crippen LogP contribution in [0.3, 0.4) is 0 Å². The van der Waals surface area contributed by atoms with Crippen LogP contribution in [0.1, 0.15) is 26.3 Å². The van der Waals surface area contributed by atoms with Gasteiger partial charge >= 0.3 is 0 Å². The van der Waals surface area contributed by atoms with Crippen LogP contribution in [0.15, 0.2) is 48.5 Å². The minimum absolute atomic E-state index is 0.0688. The summed E-state index contributed by atoms with van der Waals surface area (Å²) in [6.07, 6.45) is 0.867. The third-order valence-electron chi connectivity index (χ3n) is 4.66. The molecular weight excluding hydrogens is 440 g/mol. The highest BCUT2D eigenvalue weighted by Crippen LogP contribution is 2.22. The second kappa shape index (κ2) is 10.5. The first-order valence-corrected chi connectivity index (χ1v) is 11.8. The van der Waals surface area contributed by atoms with Gasteiger partial charge in [-0.15, -0.1) is 0 Å². The van der Waals surface area contributed by atoms with E-state index in [9.17, 15) is 26.8 Å². The summed E-state index contributed by atoms with van der Waals surface area (Å²) in [7, 11) is -4.02. The molecular formula is C22H27F2N3O4S. The van der Waals surface area contributed by atoms with Crippen LogP contribution in [0, 0.1) is 11.6 Å². The number of carbonyl (C=O) groups is 2. The number of carbonyl (C=O) groups excluding carboxylic acids is 2. The summed E-state index contributed by atoms with van der Waals surface area (Å²) in [6, 6.07) is 9.43. The van der Waals surface area contributed by atoms with E-state index in [-0.39, 0.29) is 18.3 Å². The van der Waals surface area contributed by atoms with Crippen molar-refractivity contribution in [3.8, 4) is 0 Å². The average molecular weight is 468 g/mol. The number of sulfonamides is 1. The number of anilines is 1. The van der Waals surface area contributed by atoms with Crippen LogP contribution >= 0.6 is 0 Å². The Morgan fingerprint density at radius 3 is 2.12 bits per heavy atom.